The number of halogens is 4. The van der Waals surface area contributed by atoms with E-state index < -0.39 is 44.6 Å². The molecule has 0 saturated carbocycles. The third-order valence-corrected chi connectivity index (χ3v) is 8.77. The minimum Gasteiger partial charge on any atom is -0.506 e. The van der Waals surface area contributed by atoms with E-state index in [9.17, 15) is 26.7 Å². The van der Waals surface area contributed by atoms with Crippen LogP contribution >= 0.6 is 0 Å². The van der Waals surface area contributed by atoms with Crippen molar-refractivity contribution >= 4 is 21.2 Å². The first-order chi connectivity index (χ1) is 17.7. The topological polar surface area (TPSA) is 87.7 Å². The van der Waals surface area contributed by atoms with Gasteiger partial charge in [0, 0.05) is 17.3 Å². The first kappa shape index (κ1) is 25.9. The van der Waals surface area contributed by atoms with Gasteiger partial charge in [-0.25, -0.2) is 12.8 Å². The highest BCUT2D eigenvalue weighted by Gasteiger charge is 2.44. The molecule has 0 spiro atoms. The lowest BCUT2D eigenvalue weighted by Gasteiger charge is -2.34. The number of hydrogen-bond donors (Lipinski definition) is 3. The van der Waals surface area contributed by atoms with Gasteiger partial charge in [0.1, 0.15) is 28.8 Å². The fourth-order valence-corrected chi connectivity index (χ4v) is 7.29. The molecule has 1 atom stereocenters. The highest BCUT2D eigenvalue weighted by molar-refractivity contribution is 7.95. The molecule has 2 aliphatic rings. The van der Waals surface area contributed by atoms with Crippen LogP contribution in [0, 0.1) is 11.2 Å². The Morgan fingerprint density at radius 2 is 1.79 bits per heavy atom. The van der Waals surface area contributed by atoms with Crippen molar-refractivity contribution in [2.45, 2.75) is 32.5 Å². The van der Waals surface area contributed by atoms with Crippen LogP contribution in [0.15, 0.2) is 71.3 Å². The number of para-hydroxylation sites is 2. The molecule has 0 saturated heterocycles. The van der Waals surface area contributed by atoms with Crippen molar-refractivity contribution < 1.29 is 35.8 Å². The summed E-state index contributed by atoms with van der Waals surface area (Å²) in [5.41, 5.74) is -0.724. The zero-order valence-electron chi connectivity index (χ0n) is 20.4. The average molecular weight is 549 g/mol. The van der Waals surface area contributed by atoms with Gasteiger partial charge in [-0.3, -0.25) is 0 Å². The largest absolute Gasteiger partial charge is 0.506 e. The molecule has 5 rings (SSSR count). The Morgan fingerprint density at radius 3 is 2.50 bits per heavy atom. The minimum atomic E-state index is -4.67. The zero-order valence-corrected chi connectivity index (χ0v) is 21.2. The molecule has 0 bridgehead atoms. The lowest BCUT2D eigenvalue weighted by molar-refractivity contribution is -0.138. The standard InChI is InChI=1S/C27H24F4N2O4S/c1-26(2)13-20-25(38(35,36)14-26)23(32-19-7-5-8-21(34)24(19)33-20)16-11-10-15(12-18(16)28)37-22-9-4-3-6-17(22)27(29,30)31/h3-12,23,32-34H,13-14H2,1-2H3. The second-order valence-electron chi connectivity index (χ2n) is 10.1. The molecule has 0 aliphatic carbocycles. The molecule has 0 amide bonds. The summed E-state index contributed by atoms with van der Waals surface area (Å²) in [4.78, 5) is -0.0533. The van der Waals surface area contributed by atoms with Crippen LogP contribution in [0.4, 0.5) is 28.9 Å². The second-order valence-corrected chi connectivity index (χ2v) is 12.1. The Balaban J connectivity index is 1.60. The van der Waals surface area contributed by atoms with Crippen LogP contribution in [0.3, 0.4) is 0 Å². The number of nitrogens with one attached hydrogen (secondary N) is 2. The number of benzene rings is 3. The number of rotatable bonds is 3. The molecule has 2 heterocycles. The van der Waals surface area contributed by atoms with Crippen molar-refractivity contribution in [3.05, 3.63) is 88.2 Å². The van der Waals surface area contributed by atoms with E-state index in [1.54, 1.807) is 26.0 Å². The van der Waals surface area contributed by atoms with Crippen LogP contribution in [0.5, 0.6) is 17.2 Å². The van der Waals surface area contributed by atoms with E-state index in [-0.39, 0.29) is 33.4 Å². The molecule has 0 radical (unpaired) electrons. The number of aromatic hydroxyl groups is 1. The molecule has 3 aromatic rings. The van der Waals surface area contributed by atoms with Crippen LogP contribution in [-0.4, -0.2) is 19.3 Å². The third-order valence-electron chi connectivity index (χ3n) is 6.45. The second kappa shape index (κ2) is 8.93. The Hall–Kier alpha value is -3.73. The van der Waals surface area contributed by atoms with Crippen molar-refractivity contribution in [2.24, 2.45) is 5.41 Å². The number of phenols is 1. The fraction of sp³-hybridized carbons (Fsp3) is 0.259. The number of alkyl halides is 3. The lowest BCUT2D eigenvalue weighted by Crippen LogP contribution is -2.35. The Morgan fingerprint density at radius 1 is 1.05 bits per heavy atom. The average Bonchev–Trinajstić information content (AvgIpc) is 2.95. The molecule has 0 fully saturated rings. The van der Waals surface area contributed by atoms with Gasteiger partial charge < -0.3 is 20.5 Å². The molecule has 3 N–H and O–H groups in total. The van der Waals surface area contributed by atoms with Gasteiger partial charge in [-0.05, 0) is 48.2 Å². The maximum atomic E-state index is 15.6. The highest BCUT2D eigenvalue weighted by atomic mass is 32.2. The summed E-state index contributed by atoms with van der Waals surface area (Å²) in [5, 5.41) is 16.6. The molecule has 2 aliphatic heterocycles. The molecule has 38 heavy (non-hydrogen) atoms. The van der Waals surface area contributed by atoms with Crippen molar-refractivity contribution in [1.29, 1.82) is 0 Å². The molecule has 3 aromatic carbocycles. The van der Waals surface area contributed by atoms with Gasteiger partial charge in [-0.1, -0.05) is 32.0 Å². The molecule has 1 unspecified atom stereocenters. The number of sulfone groups is 1. The minimum absolute atomic E-state index is 0.0461. The van der Waals surface area contributed by atoms with Gasteiger partial charge in [-0.2, -0.15) is 13.2 Å². The monoisotopic (exact) mass is 548 g/mol. The summed E-state index contributed by atoms with van der Waals surface area (Å²) < 4.78 is 88.1. The van der Waals surface area contributed by atoms with Gasteiger partial charge in [-0.15, -0.1) is 0 Å². The van der Waals surface area contributed by atoms with E-state index in [0.29, 0.717) is 17.8 Å². The van der Waals surface area contributed by atoms with Gasteiger partial charge >= 0.3 is 6.18 Å². The van der Waals surface area contributed by atoms with Crippen LogP contribution in [-0.2, 0) is 16.0 Å². The molecule has 200 valence electrons. The Bertz CT molecular complexity index is 1570. The van der Waals surface area contributed by atoms with Gasteiger partial charge in [0.25, 0.3) is 0 Å². The van der Waals surface area contributed by atoms with E-state index in [1.807, 2.05) is 0 Å². The van der Waals surface area contributed by atoms with E-state index in [4.69, 9.17) is 4.74 Å². The third kappa shape index (κ3) is 4.78. The maximum absolute atomic E-state index is 15.6. The first-order valence-electron chi connectivity index (χ1n) is 11.7. The van der Waals surface area contributed by atoms with Crippen molar-refractivity contribution in [3.8, 4) is 17.2 Å². The van der Waals surface area contributed by atoms with Crippen LogP contribution in [0.2, 0.25) is 0 Å². The first-order valence-corrected chi connectivity index (χ1v) is 13.4. The van der Waals surface area contributed by atoms with Gasteiger partial charge in [0.05, 0.1) is 28.0 Å². The van der Waals surface area contributed by atoms with E-state index in [1.165, 1.54) is 30.3 Å². The van der Waals surface area contributed by atoms with E-state index >= 15 is 4.39 Å². The van der Waals surface area contributed by atoms with Crippen molar-refractivity contribution in [1.82, 2.24) is 0 Å². The van der Waals surface area contributed by atoms with Crippen LogP contribution in [0.1, 0.15) is 37.4 Å². The lowest BCUT2D eigenvalue weighted by atomic mass is 9.88. The summed E-state index contributed by atoms with van der Waals surface area (Å²) in [6.45, 7) is 3.61. The summed E-state index contributed by atoms with van der Waals surface area (Å²) in [7, 11) is -3.89. The number of anilines is 2. The number of allylic oxidation sites excluding steroid dienone is 1. The molecule has 0 aromatic heterocycles. The predicted octanol–water partition coefficient (Wildman–Crippen LogP) is 6.98. The zero-order chi connectivity index (χ0) is 27.5. The van der Waals surface area contributed by atoms with Gasteiger partial charge in [0.15, 0.2) is 9.84 Å². The number of hydrogen-bond acceptors (Lipinski definition) is 6. The summed E-state index contributed by atoms with van der Waals surface area (Å²) >= 11 is 0. The van der Waals surface area contributed by atoms with Gasteiger partial charge in [0.2, 0.25) is 0 Å². The molecule has 11 heteroatoms. The molecular formula is C27H24F4N2O4S. The number of ether oxygens (including phenoxy) is 1. The van der Waals surface area contributed by atoms with Crippen molar-refractivity contribution in [2.75, 3.05) is 16.4 Å². The molecule has 6 nitrogen and oxygen atoms in total. The van der Waals surface area contributed by atoms with Crippen LogP contribution < -0.4 is 15.4 Å². The fourth-order valence-electron chi connectivity index (χ4n) is 4.96. The van der Waals surface area contributed by atoms with E-state index in [0.717, 1.165) is 18.2 Å². The maximum Gasteiger partial charge on any atom is 0.419 e. The van der Waals surface area contributed by atoms with Crippen molar-refractivity contribution in [3.63, 3.8) is 0 Å². The smallest absolute Gasteiger partial charge is 0.419 e. The number of phenolic OH excluding ortho intramolecular Hbond substituents is 1. The summed E-state index contributed by atoms with van der Waals surface area (Å²) in [6.07, 6.45) is -4.35. The summed E-state index contributed by atoms with van der Waals surface area (Å²) in [6, 6.07) is 11.5. The Kier molecular flexibility index (Phi) is 6.09. The normalized spacial score (nSPS) is 19.9. The summed E-state index contributed by atoms with van der Waals surface area (Å²) in [5.74, 6) is -1.83. The van der Waals surface area contributed by atoms with Crippen LogP contribution in [0.25, 0.3) is 0 Å². The van der Waals surface area contributed by atoms with E-state index in [2.05, 4.69) is 10.6 Å². The molecular weight excluding hydrogens is 524 g/mol. The number of fused-ring (bicyclic) bond motifs is 1. The quantitative estimate of drug-likeness (QED) is 0.242. The predicted molar refractivity (Wildman–Crippen MR) is 135 cm³/mol. The SMILES string of the molecule is CC1(C)CC2=C(C(c3ccc(Oc4ccccc4C(F)(F)F)cc3F)Nc3cccc(O)c3N2)S(=O)(=O)C1. The Labute approximate surface area is 216 Å². The highest BCUT2D eigenvalue weighted by Crippen LogP contribution is 2.49.